The lowest BCUT2D eigenvalue weighted by molar-refractivity contribution is -0.137. The van der Waals surface area contributed by atoms with Crippen LogP contribution in [0.2, 0.25) is 10.0 Å². The van der Waals surface area contributed by atoms with Crippen molar-refractivity contribution >= 4 is 23.2 Å². The molecule has 0 spiro atoms. The summed E-state index contributed by atoms with van der Waals surface area (Å²) in [6, 6.07) is 1.97. The highest BCUT2D eigenvalue weighted by atomic mass is 35.5. The third kappa shape index (κ3) is 2.13. The normalized spacial score (nSPS) is 11.9. The van der Waals surface area contributed by atoms with E-state index in [1.807, 2.05) is 0 Å². The summed E-state index contributed by atoms with van der Waals surface area (Å²) < 4.78 is 37.0. The van der Waals surface area contributed by atoms with Gasteiger partial charge in [0.25, 0.3) is 0 Å². The molecular formula is C8H6Cl2F3N. The molecule has 0 fully saturated rings. The molecular weight excluding hydrogens is 238 g/mol. The first-order valence-corrected chi connectivity index (χ1v) is 4.37. The van der Waals surface area contributed by atoms with E-state index in [9.17, 15) is 13.2 Å². The van der Waals surface area contributed by atoms with Crippen LogP contribution in [0, 0.1) is 0 Å². The number of halogens is 5. The molecule has 14 heavy (non-hydrogen) atoms. The Morgan fingerprint density at radius 3 is 2.21 bits per heavy atom. The van der Waals surface area contributed by atoms with Crippen molar-refractivity contribution in [1.82, 2.24) is 0 Å². The van der Waals surface area contributed by atoms with Gasteiger partial charge in [-0.15, -0.1) is 0 Å². The van der Waals surface area contributed by atoms with Crippen LogP contribution in [0.1, 0.15) is 11.1 Å². The minimum Gasteiger partial charge on any atom is -0.326 e. The molecule has 0 aliphatic rings. The summed E-state index contributed by atoms with van der Waals surface area (Å²) in [4.78, 5) is 0. The molecule has 1 aromatic rings. The van der Waals surface area contributed by atoms with Crippen molar-refractivity contribution < 1.29 is 13.2 Å². The second-order valence-corrected chi connectivity index (χ2v) is 3.37. The molecule has 0 atom stereocenters. The number of hydrogen-bond acceptors (Lipinski definition) is 1. The lowest BCUT2D eigenvalue weighted by Gasteiger charge is -2.12. The number of hydrogen-bond donors (Lipinski definition) is 1. The van der Waals surface area contributed by atoms with Crippen molar-refractivity contribution in [2.24, 2.45) is 5.73 Å². The smallest absolute Gasteiger partial charge is 0.326 e. The zero-order chi connectivity index (χ0) is 10.9. The van der Waals surface area contributed by atoms with Crippen LogP contribution in [0.5, 0.6) is 0 Å². The predicted molar refractivity (Wildman–Crippen MR) is 49.4 cm³/mol. The van der Waals surface area contributed by atoms with Crippen LogP contribution < -0.4 is 5.73 Å². The van der Waals surface area contributed by atoms with Gasteiger partial charge in [-0.3, -0.25) is 0 Å². The highest BCUT2D eigenvalue weighted by Gasteiger charge is 2.34. The molecule has 0 saturated heterocycles. The van der Waals surface area contributed by atoms with E-state index < -0.39 is 16.8 Å². The van der Waals surface area contributed by atoms with E-state index in [-0.39, 0.29) is 17.1 Å². The highest BCUT2D eigenvalue weighted by Crippen LogP contribution is 2.38. The molecule has 0 saturated carbocycles. The summed E-state index contributed by atoms with van der Waals surface area (Å²) >= 11 is 11.1. The quantitative estimate of drug-likeness (QED) is 0.804. The third-order valence-corrected chi connectivity index (χ3v) is 2.48. The maximum Gasteiger partial charge on any atom is 0.417 e. The number of benzene rings is 1. The fraction of sp³-hybridized carbons (Fsp3) is 0.250. The molecule has 1 nitrogen and oxygen atoms in total. The van der Waals surface area contributed by atoms with Gasteiger partial charge in [0.1, 0.15) is 0 Å². The fourth-order valence-corrected chi connectivity index (χ4v) is 1.64. The molecule has 0 bridgehead atoms. The molecule has 1 rings (SSSR count). The minimum atomic E-state index is -4.48. The van der Waals surface area contributed by atoms with Crippen LogP contribution in [0.25, 0.3) is 0 Å². The number of rotatable bonds is 1. The maximum atomic E-state index is 12.3. The Morgan fingerprint density at radius 2 is 1.79 bits per heavy atom. The molecule has 0 amide bonds. The van der Waals surface area contributed by atoms with Gasteiger partial charge in [0.15, 0.2) is 0 Å². The zero-order valence-electron chi connectivity index (χ0n) is 6.83. The van der Waals surface area contributed by atoms with Crippen LogP contribution in [0.15, 0.2) is 12.1 Å². The summed E-state index contributed by atoms with van der Waals surface area (Å²) in [5.74, 6) is 0. The van der Waals surface area contributed by atoms with E-state index in [0.717, 1.165) is 12.1 Å². The Kier molecular flexibility index (Phi) is 3.29. The van der Waals surface area contributed by atoms with E-state index in [1.165, 1.54) is 0 Å². The van der Waals surface area contributed by atoms with Gasteiger partial charge in [-0.1, -0.05) is 23.2 Å². The molecule has 2 N–H and O–H groups in total. The van der Waals surface area contributed by atoms with E-state index in [4.69, 9.17) is 28.9 Å². The SMILES string of the molecule is NCc1c(Cl)ccc(C(F)(F)F)c1Cl. The molecule has 78 valence electrons. The van der Waals surface area contributed by atoms with Gasteiger partial charge in [0.2, 0.25) is 0 Å². The van der Waals surface area contributed by atoms with Crippen LogP contribution in [-0.4, -0.2) is 0 Å². The first-order valence-electron chi connectivity index (χ1n) is 3.62. The Hall–Kier alpha value is -0.450. The van der Waals surface area contributed by atoms with Crippen molar-refractivity contribution in [1.29, 1.82) is 0 Å². The fourth-order valence-electron chi connectivity index (χ4n) is 1.00. The molecule has 0 heterocycles. The van der Waals surface area contributed by atoms with Crippen molar-refractivity contribution in [3.63, 3.8) is 0 Å². The van der Waals surface area contributed by atoms with Gasteiger partial charge in [-0.05, 0) is 12.1 Å². The average Bonchev–Trinajstić information content (AvgIpc) is 2.02. The summed E-state index contributed by atoms with van der Waals surface area (Å²) in [5, 5.41) is -0.280. The van der Waals surface area contributed by atoms with Gasteiger partial charge < -0.3 is 5.73 Å². The topological polar surface area (TPSA) is 26.0 Å². The minimum absolute atomic E-state index is 0.114. The molecule has 0 aliphatic heterocycles. The Labute approximate surface area is 88.6 Å². The van der Waals surface area contributed by atoms with Crippen molar-refractivity contribution in [3.05, 3.63) is 33.3 Å². The largest absolute Gasteiger partial charge is 0.417 e. The van der Waals surface area contributed by atoms with Crippen LogP contribution in [0.3, 0.4) is 0 Å². The van der Waals surface area contributed by atoms with Crippen molar-refractivity contribution in [2.75, 3.05) is 0 Å². The number of nitrogens with two attached hydrogens (primary N) is 1. The molecule has 6 heteroatoms. The third-order valence-electron chi connectivity index (χ3n) is 1.70. The lowest BCUT2D eigenvalue weighted by Crippen LogP contribution is -2.09. The van der Waals surface area contributed by atoms with E-state index in [0.29, 0.717) is 0 Å². The van der Waals surface area contributed by atoms with Gasteiger partial charge in [0, 0.05) is 17.1 Å². The Morgan fingerprint density at radius 1 is 1.21 bits per heavy atom. The van der Waals surface area contributed by atoms with Gasteiger partial charge in [-0.25, -0.2) is 0 Å². The van der Waals surface area contributed by atoms with Crippen molar-refractivity contribution in [2.45, 2.75) is 12.7 Å². The van der Waals surface area contributed by atoms with Crippen molar-refractivity contribution in [3.8, 4) is 0 Å². The highest BCUT2D eigenvalue weighted by molar-refractivity contribution is 6.36. The number of alkyl halides is 3. The van der Waals surface area contributed by atoms with Crippen LogP contribution in [-0.2, 0) is 12.7 Å². The standard InChI is InChI=1S/C8H6Cl2F3N/c9-6-2-1-5(8(11,12)13)7(10)4(6)3-14/h1-2H,3,14H2. The van der Waals surface area contributed by atoms with E-state index in [2.05, 4.69) is 0 Å². The molecule has 0 unspecified atom stereocenters. The Bertz CT molecular complexity index is 349. The molecule has 0 aliphatic carbocycles. The summed E-state index contributed by atoms with van der Waals surface area (Å²) in [6.07, 6.45) is -4.48. The first-order chi connectivity index (χ1) is 6.38. The predicted octanol–water partition coefficient (Wildman–Crippen LogP) is 3.47. The summed E-state index contributed by atoms with van der Waals surface area (Å²) in [5.41, 5.74) is 4.43. The van der Waals surface area contributed by atoms with Crippen LogP contribution in [0.4, 0.5) is 13.2 Å². The zero-order valence-corrected chi connectivity index (χ0v) is 8.34. The van der Waals surface area contributed by atoms with Gasteiger partial charge >= 0.3 is 6.18 Å². The molecule has 0 aromatic heterocycles. The van der Waals surface area contributed by atoms with Gasteiger partial charge in [-0.2, -0.15) is 13.2 Å². The monoisotopic (exact) mass is 243 g/mol. The lowest BCUT2D eigenvalue weighted by atomic mass is 10.1. The molecule has 0 radical (unpaired) electrons. The second-order valence-electron chi connectivity index (χ2n) is 2.59. The van der Waals surface area contributed by atoms with E-state index in [1.54, 1.807) is 0 Å². The van der Waals surface area contributed by atoms with Gasteiger partial charge in [0.05, 0.1) is 10.6 Å². The summed E-state index contributed by atoms with van der Waals surface area (Å²) in [6.45, 7) is -0.123. The van der Waals surface area contributed by atoms with E-state index >= 15 is 0 Å². The Balaban J connectivity index is 3.36. The maximum absolute atomic E-state index is 12.3. The average molecular weight is 244 g/mol. The molecule has 1 aromatic carbocycles. The van der Waals surface area contributed by atoms with Crippen LogP contribution >= 0.6 is 23.2 Å². The summed E-state index contributed by atoms with van der Waals surface area (Å²) in [7, 11) is 0. The second kappa shape index (κ2) is 3.96. The first kappa shape index (κ1) is 11.6.